The summed E-state index contributed by atoms with van der Waals surface area (Å²) in [4.78, 5) is 26.4. The number of carboxylic acid groups (broad SMARTS) is 1. The van der Waals surface area contributed by atoms with Gasteiger partial charge in [-0.15, -0.1) is 0 Å². The molecule has 4 aromatic rings. The molecule has 4 aromatic carbocycles. The van der Waals surface area contributed by atoms with Crippen molar-refractivity contribution in [3.63, 3.8) is 0 Å². The van der Waals surface area contributed by atoms with Gasteiger partial charge in [-0.2, -0.15) is 0 Å². The van der Waals surface area contributed by atoms with Crippen LogP contribution in [0.4, 0.5) is 0 Å². The molecule has 0 aromatic heterocycles. The van der Waals surface area contributed by atoms with Gasteiger partial charge in [0.15, 0.2) is 0 Å². The van der Waals surface area contributed by atoms with Crippen LogP contribution in [0.1, 0.15) is 31.8 Å². The van der Waals surface area contributed by atoms with Crippen LogP contribution in [0.15, 0.2) is 103 Å². The van der Waals surface area contributed by atoms with Gasteiger partial charge >= 0.3 is 5.97 Å². The molecule has 0 aliphatic heterocycles. The summed E-state index contributed by atoms with van der Waals surface area (Å²) >= 11 is 0. The summed E-state index contributed by atoms with van der Waals surface area (Å²) in [5.74, 6) is 0.864. The van der Waals surface area contributed by atoms with E-state index in [0.717, 1.165) is 11.1 Å². The number of benzene rings is 4. The lowest BCUT2D eigenvalue weighted by Crippen LogP contribution is -2.32. The summed E-state index contributed by atoms with van der Waals surface area (Å²) in [7, 11) is 1.60. The first-order valence-electron chi connectivity index (χ1n) is 11.6. The maximum Gasteiger partial charge on any atom is 0.335 e. The molecule has 1 N–H and O–H groups in total. The SMILES string of the molecule is COc1cccc(Oc2ccc(C(=O)N(CCc3ccccc3)Cc3ccc(C(=O)O)cc3)cc2)c1. The van der Waals surface area contributed by atoms with Gasteiger partial charge in [0.05, 0.1) is 12.7 Å². The quantitative estimate of drug-likeness (QED) is 0.297. The van der Waals surface area contributed by atoms with Crippen LogP contribution in [0.25, 0.3) is 0 Å². The Bertz CT molecular complexity index is 1300. The van der Waals surface area contributed by atoms with Gasteiger partial charge in [0.2, 0.25) is 0 Å². The Morgan fingerprint density at radius 3 is 2.06 bits per heavy atom. The number of carboxylic acids is 1. The third kappa shape index (κ3) is 6.51. The van der Waals surface area contributed by atoms with Crippen molar-refractivity contribution in [2.75, 3.05) is 13.7 Å². The summed E-state index contributed by atoms with van der Waals surface area (Å²) in [6.45, 7) is 0.888. The topological polar surface area (TPSA) is 76.1 Å². The van der Waals surface area contributed by atoms with Crippen molar-refractivity contribution in [1.82, 2.24) is 4.90 Å². The zero-order valence-corrected chi connectivity index (χ0v) is 20.0. The Balaban J connectivity index is 1.50. The largest absolute Gasteiger partial charge is 0.497 e. The molecule has 36 heavy (non-hydrogen) atoms. The van der Waals surface area contributed by atoms with Gasteiger partial charge in [0, 0.05) is 24.7 Å². The fourth-order valence-corrected chi connectivity index (χ4v) is 3.78. The van der Waals surface area contributed by atoms with E-state index in [0.29, 0.717) is 42.3 Å². The fraction of sp³-hybridized carbons (Fsp3) is 0.133. The second-order valence-corrected chi connectivity index (χ2v) is 8.27. The molecule has 4 rings (SSSR count). The molecule has 6 heteroatoms. The average molecular weight is 482 g/mol. The van der Waals surface area contributed by atoms with Crippen LogP contribution in [-0.2, 0) is 13.0 Å². The van der Waals surface area contributed by atoms with Crippen LogP contribution < -0.4 is 9.47 Å². The van der Waals surface area contributed by atoms with Crippen LogP contribution in [0, 0.1) is 0 Å². The molecule has 0 fully saturated rings. The number of methoxy groups -OCH3 is 1. The van der Waals surface area contributed by atoms with Gasteiger partial charge < -0.3 is 19.5 Å². The molecule has 0 bridgehead atoms. The smallest absolute Gasteiger partial charge is 0.335 e. The molecule has 0 atom stereocenters. The maximum absolute atomic E-state index is 13.5. The van der Waals surface area contributed by atoms with E-state index in [4.69, 9.17) is 14.6 Å². The standard InChI is InChI=1S/C30H27NO5/c1-35-27-8-5-9-28(20-27)36-26-16-14-24(15-17-26)29(32)31(19-18-22-6-3-2-4-7-22)21-23-10-12-25(13-11-23)30(33)34/h2-17,20H,18-19,21H2,1H3,(H,33,34). The fourth-order valence-electron chi connectivity index (χ4n) is 3.78. The van der Waals surface area contributed by atoms with Gasteiger partial charge in [-0.3, -0.25) is 4.79 Å². The monoisotopic (exact) mass is 481 g/mol. The third-order valence-corrected chi connectivity index (χ3v) is 5.75. The van der Waals surface area contributed by atoms with Crippen LogP contribution in [-0.4, -0.2) is 35.5 Å². The van der Waals surface area contributed by atoms with Crippen LogP contribution in [0.5, 0.6) is 17.2 Å². The lowest BCUT2D eigenvalue weighted by molar-refractivity contribution is 0.0694. The van der Waals surface area contributed by atoms with E-state index in [9.17, 15) is 9.59 Å². The van der Waals surface area contributed by atoms with E-state index >= 15 is 0 Å². The number of ether oxygens (including phenoxy) is 2. The van der Waals surface area contributed by atoms with E-state index in [2.05, 4.69) is 0 Å². The molecular weight excluding hydrogens is 454 g/mol. The molecular formula is C30H27NO5. The Kier molecular flexibility index (Phi) is 7.98. The summed E-state index contributed by atoms with van der Waals surface area (Å²) in [6, 6.07) is 31.0. The van der Waals surface area contributed by atoms with Gasteiger partial charge in [-0.05, 0) is 66.1 Å². The predicted molar refractivity (Wildman–Crippen MR) is 138 cm³/mol. The van der Waals surface area contributed by atoms with Gasteiger partial charge in [0.25, 0.3) is 5.91 Å². The summed E-state index contributed by atoms with van der Waals surface area (Å²) in [5.41, 5.74) is 2.76. The lowest BCUT2D eigenvalue weighted by Gasteiger charge is -2.23. The number of carbonyl (C=O) groups is 2. The highest BCUT2D eigenvalue weighted by Crippen LogP contribution is 2.25. The number of aromatic carboxylic acids is 1. The minimum atomic E-state index is -0.977. The molecule has 1 amide bonds. The van der Waals surface area contributed by atoms with Crippen molar-refractivity contribution in [1.29, 1.82) is 0 Å². The van der Waals surface area contributed by atoms with Gasteiger partial charge in [-0.1, -0.05) is 48.5 Å². The zero-order valence-electron chi connectivity index (χ0n) is 20.0. The van der Waals surface area contributed by atoms with E-state index < -0.39 is 5.97 Å². The minimum Gasteiger partial charge on any atom is -0.497 e. The summed E-state index contributed by atoms with van der Waals surface area (Å²) in [5, 5.41) is 9.17. The Morgan fingerprint density at radius 2 is 1.39 bits per heavy atom. The van der Waals surface area contributed by atoms with Crippen molar-refractivity contribution in [2.45, 2.75) is 13.0 Å². The number of amides is 1. The van der Waals surface area contributed by atoms with Crippen molar-refractivity contribution < 1.29 is 24.2 Å². The normalized spacial score (nSPS) is 10.5. The molecule has 6 nitrogen and oxygen atoms in total. The predicted octanol–water partition coefficient (Wildman–Crippen LogP) is 6.07. The molecule has 0 saturated heterocycles. The van der Waals surface area contributed by atoms with Crippen molar-refractivity contribution in [3.8, 4) is 17.2 Å². The highest BCUT2D eigenvalue weighted by molar-refractivity contribution is 5.94. The van der Waals surface area contributed by atoms with Crippen molar-refractivity contribution in [2.24, 2.45) is 0 Å². The van der Waals surface area contributed by atoms with Gasteiger partial charge in [-0.25, -0.2) is 4.79 Å². The molecule has 0 heterocycles. The molecule has 0 aliphatic carbocycles. The molecule has 0 spiro atoms. The van der Waals surface area contributed by atoms with Crippen LogP contribution >= 0.6 is 0 Å². The average Bonchev–Trinajstić information content (AvgIpc) is 2.92. The van der Waals surface area contributed by atoms with Crippen LogP contribution in [0.3, 0.4) is 0 Å². The zero-order chi connectivity index (χ0) is 25.3. The Hall–Kier alpha value is -4.58. The number of rotatable bonds is 10. The summed E-state index contributed by atoms with van der Waals surface area (Å²) < 4.78 is 11.1. The molecule has 0 unspecified atom stereocenters. The number of hydrogen-bond donors (Lipinski definition) is 1. The third-order valence-electron chi connectivity index (χ3n) is 5.75. The first-order chi connectivity index (χ1) is 17.5. The number of hydrogen-bond acceptors (Lipinski definition) is 4. The maximum atomic E-state index is 13.5. The van der Waals surface area contributed by atoms with E-state index in [1.807, 2.05) is 48.5 Å². The molecule has 0 radical (unpaired) electrons. The van der Waals surface area contributed by atoms with Crippen LogP contribution in [0.2, 0.25) is 0 Å². The number of nitrogens with zero attached hydrogens (tertiary/aromatic N) is 1. The second kappa shape index (κ2) is 11.7. The van der Waals surface area contributed by atoms with E-state index in [-0.39, 0.29) is 11.5 Å². The Morgan fingerprint density at radius 1 is 0.722 bits per heavy atom. The van der Waals surface area contributed by atoms with E-state index in [1.165, 1.54) is 0 Å². The van der Waals surface area contributed by atoms with E-state index in [1.54, 1.807) is 66.6 Å². The van der Waals surface area contributed by atoms with Crippen molar-refractivity contribution >= 4 is 11.9 Å². The molecule has 0 saturated carbocycles. The number of carbonyl (C=O) groups excluding carboxylic acids is 1. The Labute approximate surface area is 210 Å². The molecule has 182 valence electrons. The highest BCUT2D eigenvalue weighted by atomic mass is 16.5. The first kappa shape index (κ1) is 24.5. The summed E-state index contributed by atoms with van der Waals surface area (Å²) in [6.07, 6.45) is 0.705. The second-order valence-electron chi connectivity index (χ2n) is 8.27. The lowest BCUT2D eigenvalue weighted by atomic mass is 10.1. The van der Waals surface area contributed by atoms with Crippen molar-refractivity contribution in [3.05, 3.63) is 125 Å². The first-order valence-corrected chi connectivity index (χ1v) is 11.6. The van der Waals surface area contributed by atoms with Gasteiger partial charge in [0.1, 0.15) is 17.2 Å². The highest BCUT2D eigenvalue weighted by Gasteiger charge is 2.17. The molecule has 0 aliphatic rings. The minimum absolute atomic E-state index is 0.110.